The van der Waals surface area contributed by atoms with Gasteiger partial charge in [0.15, 0.2) is 0 Å². The smallest absolute Gasteiger partial charge is 0.250 e. The highest BCUT2D eigenvalue weighted by Gasteiger charge is 2.31. The van der Waals surface area contributed by atoms with Gasteiger partial charge in [-0.3, -0.25) is 4.90 Å². The summed E-state index contributed by atoms with van der Waals surface area (Å²) in [6, 6.07) is 1.66. The maximum atomic E-state index is 12.7. The van der Waals surface area contributed by atoms with E-state index in [2.05, 4.69) is 14.8 Å². The van der Waals surface area contributed by atoms with Crippen molar-refractivity contribution in [2.75, 3.05) is 13.1 Å². The van der Waals surface area contributed by atoms with Crippen LogP contribution in [-0.4, -0.2) is 48.8 Å². The minimum atomic E-state index is -3.50. The molecule has 2 N–H and O–H groups in total. The van der Waals surface area contributed by atoms with Gasteiger partial charge in [-0.15, -0.1) is 11.3 Å². The summed E-state index contributed by atoms with van der Waals surface area (Å²) in [6.07, 6.45) is 2.48. The van der Waals surface area contributed by atoms with E-state index in [-0.39, 0.29) is 12.1 Å². The van der Waals surface area contributed by atoms with Crippen LogP contribution in [0.25, 0.3) is 0 Å². The van der Waals surface area contributed by atoms with Gasteiger partial charge in [0.25, 0.3) is 10.0 Å². The van der Waals surface area contributed by atoms with Crippen molar-refractivity contribution in [3.63, 3.8) is 0 Å². The first-order valence-electron chi connectivity index (χ1n) is 8.85. The molecule has 7 nitrogen and oxygen atoms in total. The van der Waals surface area contributed by atoms with E-state index < -0.39 is 10.0 Å². The van der Waals surface area contributed by atoms with E-state index in [1.165, 1.54) is 11.3 Å². The standard InChI is InChI=1S/C17H23N3O4S2/c1-11-5-7-25-17(11)26(22,23)19-12-2-3-16-14(8-12)15(18-24-16)10-20-6-4-13(21)9-20/h5,7,12-13,19,21H,2-4,6,8-10H2,1H3/t12?,13-/m1/s1. The Morgan fingerprint density at radius 3 is 3.00 bits per heavy atom. The van der Waals surface area contributed by atoms with E-state index in [9.17, 15) is 13.5 Å². The summed E-state index contributed by atoms with van der Waals surface area (Å²) in [5.41, 5.74) is 2.66. The molecule has 2 aromatic rings. The van der Waals surface area contributed by atoms with Crippen LogP contribution in [0, 0.1) is 6.92 Å². The molecule has 0 radical (unpaired) electrons. The number of nitrogens with zero attached hydrogens (tertiary/aromatic N) is 2. The number of aryl methyl sites for hydroxylation is 2. The van der Waals surface area contributed by atoms with Crippen LogP contribution in [0.2, 0.25) is 0 Å². The Bertz CT molecular complexity index is 890. The number of nitrogens with one attached hydrogen (secondary N) is 1. The van der Waals surface area contributed by atoms with Crippen LogP contribution in [0.5, 0.6) is 0 Å². The maximum Gasteiger partial charge on any atom is 0.250 e. The molecule has 0 spiro atoms. The van der Waals surface area contributed by atoms with Gasteiger partial charge < -0.3 is 9.63 Å². The van der Waals surface area contributed by atoms with Gasteiger partial charge in [-0.25, -0.2) is 13.1 Å². The summed E-state index contributed by atoms with van der Waals surface area (Å²) in [7, 11) is -3.50. The normalized spacial score (nSPS) is 24.1. The lowest BCUT2D eigenvalue weighted by Gasteiger charge is -2.23. The molecule has 2 aromatic heterocycles. The third kappa shape index (κ3) is 3.59. The van der Waals surface area contributed by atoms with Crippen molar-refractivity contribution in [1.82, 2.24) is 14.8 Å². The number of fused-ring (bicyclic) bond motifs is 1. The van der Waals surface area contributed by atoms with Gasteiger partial charge in [0.1, 0.15) is 15.7 Å². The molecule has 0 saturated carbocycles. The van der Waals surface area contributed by atoms with Crippen molar-refractivity contribution in [3.8, 4) is 0 Å². The number of thiophene rings is 1. The Morgan fingerprint density at radius 2 is 2.31 bits per heavy atom. The summed E-state index contributed by atoms with van der Waals surface area (Å²) >= 11 is 1.25. The predicted octanol–water partition coefficient (Wildman–Crippen LogP) is 1.45. The number of hydrogen-bond acceptors (Lipinski definition) is 7. The summed E-state index contributed by atoms with van der Waals surface area (Å²) in [5, 5.41) is 15.7. The Labute approximate surface area is 157 Å². The summed E-state index contributed by atoms with van der Waals surface area (Å²) < 4.78 is 34.0. The van der Waals surface area contributed by atoms with E-state index in [4.69, 9.17) is 4.52 Å². The minimum Gasteiger partial charge on any atom is -0.392 e. The average molecular weight is 398 g/mol. The molecule has 1 aliphatic carbocycles. The average Bonchev–Trinajstić information content (AvgIpc) is 3.29. The fourth-order valence-electron chi connectivity index (χ4n) is 3.76. The molecule has 0 bridgehead atoms. The molecule has 142 valence electrons. The van der Waals surface area contributed by atoms with Crippen LogP contribution in [0.1, 0.15) is 35.4 Å². The second-order valence-corrected chi connectivity index (χ2v) is 9.99. The van der Waals surface area contributed by atoms with E-state index in [0.717, 1.165) is 35.5 Å². The van der Waals surface area contributed by atoms with Crippen molar-refractivity contribution in [2.45, 2.75) is 55.5 Å². The van der Waals surface area contributed by atoms with Crippen molar-refractivity contribution in [3.05, 3.63) is 34.0 Å². The predicted molar refractivity (Wildman–Crippen MR) is 97.6 cm³/mol. The zero-order valence-corrected chi connectivity index (χ0v) is 16.3. The lowest BCUT2D eigenvalue weighted by atomic mass is 9.92. The number of β-amino-alcohol motifs (C(OH)–C–C–N with tert-alkyl or cyclic N) is 1. The maximum absolute atomic E-state index is 12.7. The monoisotopic (exact) mass is 397 g/mol. The number of aliphatic hydroxyl groups excluding tert-OH is 1. The van der Waals surface area contributed by atoms with Crippen LogP contribution < -0.4 is 4.72 Å². The first-order chi connectivity index (χ1) is 12.4. The molecule has 1 unspecified atom stereocenters. The molecule has 0 amide bonds. The van der Waals surface area contributed by atoms with E-state index in [0.29, 0.717) is 36.6 Å². The molecule has 0 aromatic carbocycles. The SMILES string of the molecule is Cc1ccsc1S(=O)(=O)NC1CCc2onc(CN3CC[C@@H](O)C3)c2C1. The molecule has 9 heteroatoms. The van der Waals surface area contributed by atoms with Gasteiger partial charge in [0.2, 0.25) is 0 Å². The fraction of sp³-hybridized carbons (Fsp3) is 0.588. The van der Waals surface area contributed by atoms with Crippen LogP contribution in [-0.2, 0) is 29.4 Å². The van der Waals surface area contributed by atoms with Gasteiger partial charge in [0.05, 0.1) is 6.10 Å². The van der Waals surface area contributed by atoms with Crippen LogP contribution in [0.4, 0.5) is 0 Å². The van der Waals surface area contributed by atoms with E-state index in [1.807, 2.05) is 13.0 Å². The molecule has 3 heterocycles. The topological polar surface area (TPSA) is 95.7 Å². The zero-order valence-electron chi connectivity index (χ0n) is 14.6. The van der Waals surface area contributed by atoms with Gasteiger partial charge >= 0.3 is 0 Å². The first kappa shape index (κ1) is 18.1. The van der Waals surface area contributed by atoms with E-state index in [1.54, 1.807) is 5.38 Å². The lowest BCUT2D eigenvalue weighted by molar-refractivity contribution is 0.173. The number of aromatic nitrogens is 1. The lowest BCUT2D eigenvalue weighted by Crippen LogP contribution is -2.38. The Balaban J connectivity index is 1.47. The van der Waals surface area contributed by atoms with Crippen molar-refractivity contribution in [2.24, 2.45) is 0 Å². The number of aliphatic hydroxyl groups is 1. The minimum absolute atomic E-state index is 0.156. The van der Waals surface area contributed by atoms with Crippen LogP contribution in [0.15, 0.2) is 20.2 Å². The fourth-order valence-corrected chi connectivity index (χ4v) is 6.47. The van der Waals surface area contributed by atoms with Gasteiger partial charge in [-0.1, -0.05) is 5.16 Å². The van der Waals surface area contributed by atoms with Crippen molar-refractivity contribution >= 4 is 21.4 Å². The number of hydrogen-bond donors (Lipinski definition) is 2. The third-order valence-electron chi connectivity index (χ3n) is 5.12. The molecule has 2 aliphatic rings. The van der Waals surface area contributed by atoms with Gasteiger partial charge in [-0.2, -0.15) is 0 Å². The highest BCUT2D eigenvalue weighted by atomic mass is 32.2. The second-order valence-electron chi connectivity index (χ2n) is 7.16. The number of rotatable bonds is 5. The quantitative estimate of drug-likeness (QED) is 0.793. The number of sulfonamides is 1. The molecular weight excluding hydrogens is 374 g/mol. The number of likely N-dealkylation sites (tertiary alicyclic amines) is 1. The molecule has 1 aliphatic heterocycles. The van der Waals surface area contributed by atoms with Gasteiger partial charge in [0, 0.05) is 37.7 Å². The molecule has 4 rings (SSSR count). The van der Waals surface area contributed by atoms with Crippen LogP contribution >= 0.6 is 11.3 Å². The molecule has 1 saturated heterocycles. The molecular formula is C17H23N3O4S2. The Kier molecular flexibility index (Phi) is 4.91. The molecule has 1 fully saturated rings. The zero-order chi connectivity index (χ0) is 18.3. The molecule has 26 heavy (non-hydrogen) atoms. The van der Waals surface area contributed by atoms with E-state index >= 15 is 0 Å². The molecule has 2 atom stereocenters. The van der Waals surface area contributed by atoms with Gasteiger partial charge in [-0.05, 0) is 43.2 Å². The third-order valence-corrected chi connectivity index (χ3v) is 8.33. The first-order valence-corrected chi connectivity index (χ1v) is 11.2. The summed E-state index contributed by atoms with van der Waals surface area (Å²) in [5.74, 6) is 0.863. The second kappa shape index (κ2) is 7.05. The largest absolute Gasteiger partial charge is 0.392 e. The Hall–Kier alpha value is -1.26. The summed E-state index contributed by atoms with van der Waals surface area (Å²) in [6.45, 7) is 3.94. The van der Waals surface area contributed by atoms with Crippen molar-refractivity contribution in [1.29, 1.82) is 0 Å². The highest BCUT2D eigenvalue weighted by molar-refractivity contribution is 7.91. The Morgan fingerprint density at radius 1 is 1.46 bits per heavy atom. The van der Waals surface area contributed by atoms with Crippen molar-refractivity contribution < 1.29 is 18.0 Å². The summed E-state index contributed by atoms with van der Waals surface area (Å²) in [4.78, 5) is 2.16. The van der Waals surface area contributed by atoms with Crippen LogP contribution in [0.3, 0.4) is 0 Å². The highest BCUT2D eigenvalue weighted by Crippen LogP contribution is 2.28.